The minimum atomic E-state index is -1.75. The Hall–Kier alpha value is -1.30. The topological polar surface area (TPSA) is 362 Å². The molecule has 0 aromatic heterocycles. The predicted molar refractivity (Wildman–Crippen MR) is 58.7 cm³/mol. The zero-order chi connectivity index (χ0) is 11.2. The van der Waals surface area contributed by atoms with E-state index in [1.807, 2.05) is 0 Å². The maximum atomic E-state index is 8.25. The molecule has 14 N–H and O–H groups in total. The van der Waals surface area contributed by atoms with Crippen molar-refractivity contribution in [3.8, 4) is 0 Å². The molecule has 124 valence electrons. The largest absolute Gasteiger partial charge is 2.00 e. The summed E-state index contributed by atoms with van der Waals surface area (Å²) in [7, 11) is 2.00. The number of hydrogen-bond acceptors (Lipinski definition) is 8. The van der Waals surface area contributed by atoms with Crippen LogP contribution in [0.15, 0.2) is 0 Å². The van der Waals surface area contributed by atoms with Crippen molar-refractivity contribution in [3.63, 3.8) is 0 Å². The van der Waals surface area contributed by atoms with E-state index in [9.17, 15) is 0 Å². The van der Waals surface area contributed by atoms with Crippen molar-refractivity contribution in [2.24, 2.45) is 0 Å². The Morgan fingerprint density at radius 1 is 0.579 bits per heavy atom. The van der Waals surface area contributed by atoms with E-state index in [1.54, 1.807) is 0 Å². The van der Waals surface area contributed by atoms with Crippen LogP contribution in [0.25, 0.3) is 0 Å². The second kappa shape index (κ2) is 186. The third kappa shape index (κ3) is 2150. The van der Waals surface area contributed by atoms with E-state index < -0.39 is 10.2 Å². The van der Waals surface area contributed by atoms with Gasteiger partial charge in [-0.3, -0.25) is 0 Å². The second-order valence-electron chi connectivity index (χ2n) is 0.447. The molecule has 0 saturated heterocycles. The van der Waals surface area contributed by atoms with Gasteiger partial charge in [0, 0.05) is 14.2 Å². The SMILES string of the molecule is CO.CO.O.O.O.O.O.O.O=[N+]([O-])[O-].O=[N+]([O-])[O-].[Zn+2]. The van der Waals surface area contributed by atoms with Crippen LogP contribution >= 0.6 is 0 Å². The first-order chi connectivity index (χ1) is 5.46. The van der Waals surface area contributed by atoms with Crippen molar-refractivity contribution in [3.05, 3.63) is 30.6 Å². The van der Waals surface area contributed by atoms with Gasteiger partial charge in [0.2, 0.25) is 0 Å². The van der Waals surface area contributed by atoms with Crippen LogP contribution in [0.5, 0.6) is 0 Å². The van der Waals surface area contributed by atoms with Crippen molar-refractivity contribution >= 4 is 0 Å². The second-order valence-corrected chi connectivity index (χ2v) is 0.447. The number of aliphatic hydroxyl groups is 2. The Balaban J connectivity index is -0.00000000460. The average molecular weight is 362 g/mol. The van der Waals surface area contributed by atoms with Gasteiger partial charge in [-0.25, -0.2) is 0 Å². The van der Waals surface area contributed by atoms with E-state index in [0.29, 0.717) is 0 Å². The van der Waals surface area contributed by atoms with Gasteiger partial charge in [-0.2, -0.15) is 0 Å². The summed E-state index contributed by atoms with van der Waals surface area (Å²) in [6, 6.07) is 0. The van der Waals surface area contributed by atoms with Gasteiger partial charge in [-0.1, -0.05) is 0 Å². The number of rotatable bonds is 0. The molecule has 16 nitrogen and oxygen atoms in total. The monoisotopic (exact) mass is 360 g/mol. The first-order valence-corrected chi connectivity index (χ1v) is 1.99. The summed E-state index contributed by atoms with van der Waals surface area (Å²) in [5, 5.41) is 43.5. The van der Waals surface area contributed by atoms with Crippen molar-refractivity contribution in [1.29, 1.82) is 0 Å². The molecule has 0 spiro atoms. The zero-order valence-electron chi connectivity index (χ0n) is 9.95. The fourth-order valence-electron chi connectivity index (χ4n) is 0. The zero-order valence-corrected chi connectivity index (χ0v) is 12.9. The average Bonchev–Trinajstić information content (AvgIpc) is 1.93. The Bertz CT molecular complexity index is 81.4. The molecule has 0 saturated carbocycles. The summed E-state index contributed by atoms with van der Waals surface area (Å²) in [5.74, 6) is 0. The van der Waals surface area contributed by atoms with Crippen LogP contribution in [0.2, 0.25) is 0 Å². The molecular weight excluding hydrogens is 341 g/mol. The molecule has 0 rings (SSSR count). The number of aliphatic hydroxyl groups excluding tert-OH is 2. The summed E-state index contributed by atoms with van der Waals surface area (Å²) >= 11 is 0. The molecular formula is C2H20N2O14Zn. The van der Waals surface area contributed by atoms with Gasteiger partial charge in [0.15, 0.2) is 0 Å². The molecule has 17 heteroatoms. The summed E-state index contributed by atoms with van der Waals surface area (Å²) in [4.78, 5) is 16.5. The van der Waals surface area contributed by atoms with Gasteiger partial charge in [0.05, 0.1) is 10.2 Å². The maximum Gasteiger partial charge on any atom is 2.00 e. The predicted octanol–water partition coefficient (Wildman–Crippen LogP) is -6.21. The summed E-state index contributed by atoms with van der Waals surface area (Å²) in [6.07, 6.45) is 0. The van der Waals surface area contributed by atoms with E-state index >= 15 is 0 Å². The minimum absolute atomic E-state index is 0. The Labute approximate surface area is 118 Å². The van der Waals surface area contributed by atoms with E-state index in [4.69, 9.17) is 40.9 Å². The Morgan fingerprint density at radius 2 is 0.579 bits per heavy atom. The number of nitrogens with zero attached hydrogens (tertiary/aromatic N) is 2. The minimum Gasteiger partial charge on any atom is -0.412 e. The molecule has 0 aliphatic heterocycles. The number of hydrogen-bond donors (Lipinski definition) is 2. The first kappa shape index (κ1) is 110. The molecule has 0 aromatic carbocycles. The van der Waals surface area contributed by atoms with Crippen molar-refractivity contribution in [2.45, 2.75) is 0 Å². The van der Waals surface area contributed by atoms with Crippen LogP contribution in [0.4, 0.5) is 0 Å². The van der Waals surface area contributed by atoms with Gasteiger partial charge in [-0.15, -0.1) is 0 Å². The molecule has 0 bridgehead atoms. The molecule has 0 fully saturated rings. The maximum absolute atomic E-state index is 8.25. The fourth-order valence-corrected chi connectivity index (χ4v) is 0. The fraction of sp³-hybridized carbons (Fsp3) is 1.00. The molecule has 0 aromatic rings. The molecule has 0 amide bonds. The van der Waals surface area contributed by atoms with E-state index in [2.05, 4.69) is 0 Å². The van der Waals surface area contributed by atoms with Crippen molar-refractivity contribution in [1.82, 2.24) is 0 Å². The van der Waals surface area contributed by atoms with Crippen LogP contribution in [0, 0.1) is 30.6 Å². The van der Waals surface area contributed by atoms with E-state index in [0.717, 1.165) is 14.2 Å². The molecule has 19 heavy (non-hydrogen) atoms. The van der Waals surface area contributed by atoms with Crippen LogP contribution in [0.1, 0.15) is 0 Å². The standard InChI is InChI=1S/2CH4O.2NO3.6H2O.Zn/c2*1-2;2*2-1(3)4;;;;;;;/h2*2H,1H3;;;6*1H2;/q;;2*-1;;;;;;;+2. The molecule has 0 atom stereocenters. The Morgan fingerprint density at radius 3 is 0.579 bits per heavy atom. The van der Waals surface area contributed by atoms with Crippen LogP contribution in [-0.4, -0.2) is 67.5 Å². The summed E-state index contributed by atoms with van der Waals surface area (Å²) in [6.45, 7) is 0. The molecule has 0 unspecified atom stereocenters. The quantitative estimate of drug-likeness (QED) is 0.236. The van der Waals surface area contributed by atoms with Crippen LogP contribution in [0.3, 0.4) is 0 Å². The van der Waals surface area contributed by atoms with E-state index in [1.165, 1.54) is 0 Å². The normalized spacial score (nSPS) is 3.16. The Kier molecular flexibility index (Phi) is 1080. The molecule has 0 aliphatic rings. The smallest absolute Gasteiger partial charge is 0.412 e. The van der Waals surface area contributed by atoms with Gasteiger partial charge in [-0.05, 0) is 0 Å². The van der Waals surface area contributed by atoms with Gasteiger partial charge in [0.25, 0.3) is 0 Å². The first-order valence-electron chi connectivity index (χ1n) is 1.99. The van der Waals surface area contributed by atoms with E-state index in [-0.39, 0.29) is 52.3 Å². The molecule has 0 radical (unpaired) electrons. The van der Waals surface area contributed by atoms with Gasteiger partial charge >= 0.3 is 19.5 Å². The van der Waals surface area contributed by atoms with Crippen LogP contribution < -0.4 is 0 Å². The molecule has 0 aliphatic carbocycles. The van der Waals surface area contributed by atoms with Crippen LogP contribution in [-0.2, 0) is 19.5 Å². The summed E-state index contributed by atoms with van der Waals surface area (Å²) < 4.78 is 0. The van der Waals surface area contributed by atoms with Gasteiger partial charge in [0.1, 0.15) is 0 Å². The molecule has 0 heterocycles. The van der Waals surface area contributed by atoms with Crippen molar-refractivity contribution in [2.75, 3.05) is 14.2 Å². The third-order valence-electron chi connectivity index (χ3n) is 0. The summed E-state index contributed by atoms with van der Waals surface area (Å²) in [5.41, 5.74) is 0. The van der Waals surface area contributed by atoms with Crippen molar-refractivity contribution < 1.29 is 72.7 Å². The third-order valence-corrected chi connectivity index (χ3v) is 0. The van der Waals surface area contributed by atoms with Gasteiger partial charge < -0.3 is 73.7 Å².